The molecular formula is C19H20N4OS2. The van der Waals surface area contributed by atoms with Crippen molar-refractivity contribution in [3.63, 3.8) is 0 Å². The number of nitrogens with zero attached hydrogens (tertiary/aromatic N) is 2. The van der Waals surface area contributed by atoms with Gasteiger partial charge in [0.2, 0.25) is 11.0 Å². The van der Waals surface area contributed by atoms with E-state index in [0.717, 1.165) is 20.7 Å². The lowest BCUT2D eigenvalue weighted by atomic mass is 10.2. The Hall–Kier alpha value is -2.38. The number of rotatable bonds is 7. The molecule has 1 atom stereocenters. The molecule has 0 saturated carbocycles. The molecule has 0 aliphatic carbocycles. The third-order valence-electron chi connectivity index (χ3n) is 3.63. The zero-order valence-electron chi connectivity index (χ0n) is 14.6. The lowest BCUT2D eigenvalue weighted by Gasteiger charge is -2.10. The van der Waals surface area contributed by atoms with Crippen LogP contribution >= 0.6 is 23.1 Å². The van der Waals surface area contributed by atoms with Crippen LogP contribution in [0.3, 0.4) is 0 Å². The van der Waals surface area contributed by atoms with E-state index in [1.165, 1.54) is 28.7 Å². The van der Waals surface area contributed by atoms with Gasteiger partial charge in [-0.3, -0.25) is 4.79 Å². The van der Waals surface area contributed by atoms with Gasteiger partial charge in [-0.15, -0.1) is 10.2 Å². The molecule has 0 saturated heterocycles. The van der Waals surface area contributed by atoms with Gasteiger partial charge in [0.05, 0.1) is 5.25 Å². The summed E-state index contributed by atoms with van der Waals surface area (Å²) in [5, 5.41) is 15.0. The SMILES string of the molecule is Cc1cccc(NC(=O)C(C)Sc2nnc(NCc3ccccc3)s2)c1. The second-order valence-corrected chi connectivity index (χ2v) is 8.40. The summed E-state index contributed by atoms with van der Waals surface area (Å²) < 4.78 is 0.771. The largest absolute Gasteiger partial charge is 0.356 e. The van der Waals surface area contributed by atoms with E-state index < -0.39 is 0 Å². The highest BCUT2D eigenvalue weighted by Gasteiger charge is 2.17. The summed E-state index contributed by atoms with van der Waals surface area (Å²) >= 11 is 2.87. The zero-order chi connectivity index (χ0) is 18.4. The van der Waals surface area contributed by atoms with E-state index in [9.17, 15) is 4.79 Å². The number of anilines is 2. The van der Waals surface area contributed by atoms with Gasteiger partial charge in [0.25, 0.3) is 0 Å². The topological polar surface area (TPSA) is 66.9 Å². The number of carbonyl (C=O) groups excluding carboxylic acids is 1. The number of thioether (sulfide) groups is 1. The highest BCUT2D eigenvalue weighted by Crippen LogP contribution is 2.29. The molecule has 1 unspecified atom stereocenters. The van der Waals surface area contributed by atoms with Crippen molar-refractivity contribution in [1.29, 1.82) is 0 Å². The van der Waals surface area contributed by atoms with Gasteiger partial charge in [0.15, 0.2) is 4.34 Å². The third kappa shape index (κ3) is 5.31. The van der Waals surface area contributed by atoms with Crippen LogP contribution in [0.2, 0.25) is 0 Å². The van der Waals surface area contributed by atoms with Crippen LogP contribution in [0.4, 0.5) is 10.8 Å². The Morgan fingerprint density at radius 3 is 2.73 bits per heavy atom. The molecule has 1 heterocycles. The first-order valence-corrected chi connectivity index (χ1v) is 9.95. The second kappa shape index (κ2) is 8.82. The van der Waals surface area contributed by atoms with Crippen LogP contribution in [0.15, 0.2) is 58.9 Å². The molecular weight excluding hydrogens is 364 g/mol. The molecule has 1 amide bonds. The van der Waals surface area contributed by atoms with Crippen molar-refractivity contribution in [1.82, 2.24) is 10.2 Å². The smallest absolute Gasteiger partial charge is 0.237 e. The number of benzene rings is 2. The second-order valence-electron chi connectivity index (χ2n) is 5.83. The van der Waals surface area contributed by atoms with Gasteiger partial charge >= 0.3 is 0 Å². The number of aromatic nitrogens is 2. The van der Waals surface area contributed by atoms with E-state index in [0.29, 0.717) is 6.54 Å². The number of aryl methyl sites for hydroxylation is 1. The molecule has 7 heteroatoms. The van der Waals surface area contributed by atoms with Crippen LogP contribution in [0, 0.1) is 6.92 Å². The quantitative estimate of drug-likeness (QED) is 0.584. The predicted molar refractivity (Wildman–Crippen MR) is 109 cm³/mol. The van der Waals surface area contributed by atoms with Crippen LogP contribution in [0.25, 0.3) is 0 Å². The van der Waals surface area contributed by atoms with Crippen molar-refractivity contribution >= 4 is 39.8 Å². The van der Waals surface area contributed by atoms with Crippen molar-refractivity contribution in [3.05, 3.63) is 65.7 Å². The Balaban J connectivity index is 1.52. The van der Waals surface area contributed by atoms with Crippen LogP contribution < -0.4 is 10.6 Å². The summed E-state index contributed by atoms with van der Waals surface area (Å²) in [6.07, 6.45) is 0. The Labute approximate surface area is 161 Å². The molecule has 1 aromatic heterocycles. The molecule has 5 nitrogen and oxygen atoms in total. The first kappa shape index (κ1) is 18.4. The van der Waals surface area contributed by atoms with Crippen molar-refractivity contribution in [2.24, 2.45) is 0 Å². The molecule has 2 N–H and O–H groups in total. The minimum Gasteiger partial charge on any atom is -0.356 e. The Bertz CT molecular complexity index is 867. The maximum Gasteiger partial charge on any atom is 0.237 e. The summed E-state index contributed by atoms with van der Waals surface area (Å²) in [6.45, 7) is 4.57. The van der Waals surface area contributed by atoms with Gasteiger partial charge in [-0.2, -0.15) is 0 Å². The molecule has 3 aromatic rings. The molecule has 2 aromatic carbocycles. The minimum absolute atomic E-state index is 0.0467. The van der Waals surface area contributed by atoms with Crippen molar-refractivity contribution in [3.8, 4) is 0 Å². The Morgan fingerprint density at radius 1 is 1.15 bits per heavy atom. The predicted octanol–water partition coefficient (Wildman–Crippen LogP) is 4.58. The van der Waals surface area contributed by atoms with Gasteiger partial charge in [0.1, 0.15) is 0 Å². The summed E-state index contributed by atoms with van der Waals surface area (Å²) in [5.74, 6) is -0.0467. The number of hydrogen-bond acceptors (Lipinski definition) is 6. The third-order valence-corrected chi connectivity index (χ3v) is 5.69. The summed E-state index contributed by atoms with van der Waals surface area (Å²) in [7, 11) is 0. The van der Waals surface area contributed by atoms with Crippen LogP contribution in [-0.2, 0) is 11.3 Å². The molecule has 134 valence electrons. The van der Waals surface area contributed by atoms with E-state index in [4.69, 9.17) is 0 Å². The summed E-state index contributed by atoms with van der Waals surface area (Å²) in [4.78, 5) is 12.4. The van der Waals surface area contributed by atoms with E-state index in [1.54, 1.807) is 0 Å². The van der Waals surface area contributed by atoms with Gasteiger partial charge in [-0.05, 0) is 37.1 Å². The standard InChI is InChI=1S/C19H20N4OS2/c1-13-7-6-10-16(11-13)21-17(24)14(2)25-19-23-22-18(26-19)20-12-15-8-4-3-5-9-15/h3-11,14H,12H2,1-2H3,(H,20,22)(H,21,24). The summed E-state index contributed by atoms with van der Waals surface area (Å²) in [5.41, 5.74) is 3.11. The number of nitrogens with one attached hydrogen (secondary N) is 2. The zero-order valence-corrected chi connectivity index (χ0v) is 16.2. The Morgan fingerprint density at radius 2 is 1.96 bits per heavy atom. The first-order valence-electron chi connectivity index (χ1n) is 8.25. The fourth-order valence-electron chi connectivity index (χ4n) is 2.27. The molecule has 0 fully saturated rings. The molecule has 0 aliphatic rings. The fourth-order valence-corrected chi connectivity index (χ4v) is 4.17. The van der Waals surface area contributed by atoms with Crippen molar-refractivity contribution in [2.75, 3.05) is 10.6 Å². The van der Waals surface area contributed by atoms with Crippen molar-refractivity contribution < 1.29 is 4.79 Å². The maximum atomic E-state index is 12.4. The van der Waals surface area contributed by atoms with Gasteiger partial charge in [0, 0.05) is 12.2 Å². The van der Waals surface area contributed by atoms with Gasteiger partial charge in [-0.1, -0.05) is 65.6 Å². The maximum absolute atomic E-state index is 12.4. The van der Waals surface area contributed by atoms with E-state index in [1.807, 2.05) is 56.3 Å². The molecule has 26 heavy (non-hydrogen) atoms. The number of hydrogen-bond donors (Lipinski definition) is 2. The van der Waals surface area contributed by atoms with Crippen LogP contribution in [-0.4, -0.2) is 21.4 Å². The van der Waals surface area contributed by atoms with Crippen molar-refractivity contribution in [2.45, 2.75) is 30.0 Å². The van der Waals surface area contributed by atoms with E-state index >= 15 is 0 Å². The van der Waals surface area contributed by atoms with E-state index in [2.05, 4.69) is 33.0 Å². The minimum atomic E-state index is -0.259. The molecule has 3 rings (SSSR count). The average molecular weight is 385 g/mol. The molecule has 0 spiro atoms. The Kier molecular flexibility index (Phi) is 6.25. The lowest BCUT2D eigenvalue weighted by Crippen LogP contribution is -2.22. The number of carbonyl (C=O) groups is 1. The molecule has 0 radical (unpaired) electrons. The van der Waals surface area contributed by atoms with Gasteiger partial charge < -0.3 is 10.6 Å². The highest BCUT2D eigenvalue weighted by atomic mass is 32.2. The molecule has 0 aliphatic heterocycles. The van der Waals surface area contributed by atoms with Gasteiger partial charge in [-0.25, -0.2) is 0 Å². The monoisotopic (exact) mass is 384 g/mol. The number of amides is 1. The first-order chi connectivity index (χ1) is 12.6. The highest BCUT2D eigenvalue weighted by molar-refractivity contribution is 8.02. The average Bonchev–Trinajstić information content (AvgIpc) is 3.08. The lowest BCUT2D eigenvalue weighted by molar-refractivity contribution is -0.115. The normalized spacial score (nSPS) is 11.8. The summed E-state index contributed by atoms with van der Waals surface area (Å²) in [6, 6.07) is 17.9. The van der Waals surface area contributed by atoms with Crippen LogP contribution in [0.5, 0.6) is 0 Å². The molecule has 0 bridgehead atoms. The van der Waals surface area contributed by atoms with Crippen LogP contribution in [0.1, 0.15) is 18.1 Å². The van der Waals surface area contributed by atoms with E-state index in [-0.39, 0.29) is 11.2 Å². The fraction of sp³-hybridized carbons (Fsp3) is 0.211.